The lowest BCUT2D eigenvalue weighted by Crippen LogP contribution is -2.13. The van der Waals surface area contributed by atoms with E-state index in [0.717, 1.165) is 5.69 Å². The number of nitrogens with one attached hydrogen (secondary N) is 2. The van der Waals surface area contributed by atoms with Crippen LogP contribution in [0, 0.1) is 0 Å². The molecule has 1 heterocycles. The van der Waals surface area contributed by atoms with Crippen molar-refractivity contribution in [1.82, 2.24) is 10.2 Å². The van der Waals surface area contributed by atoms with E-state index in [1.54, 1.807) is 7.11 Å². The minimum absolute atomic E-state index is 0.104. The van der Waals surface area contributed by atoms with Gasteiger partial charge in [-0.05, 0) is 13.0 Å². The second kappa shape index (κ2) is 4.08. The maximum atomic E-state index is 11.1. The van der Waals surface area contributed by atoms with E-state index < -0.39 is 0 Å². The van der Waals surface area contributed by atoms with E-state index in [0.29, 0.717) is 25.1 Å². The third kappa shape index (κ3) is 1.75. The first-order valence-electron chi connectivity index (χ1n) is 3.77. The Morgan fingerprint density at radius 2 is 2.25 bits per heavy atom. The normalized spacial score (nSPS) is 10.5. The van der Waals surface area contributed by atoms with Gasteiger partial charge in [-0.2, -0.15) is 0 Å². The van der Waals surface area contributed by atoms with E-state index >= 15 is 0 Å². The number of aromatic nitrogens is 2. The Balaban J connectivity index is 2.87. The van der Waals surface area contributed by atoms with Gasteiger partial charge in [-0.1, -0.05) is 0 Å². The van der Waals surface area contributed by atoms with E-state index in [9.17, 15) is 4.79 Å². The van der Waals surface area contributed by atoms with Crippen molar-refractivity contribution >= 4 is 0 Å². The van der Waals surface area contributed by atoms with Crippen LogP contribution >= 0.6 is 0 Å². The number of methoxy groups -OCH3 is 1. The molecule has 0 aliphatic rings. The van der Waals surface area contributed by atoms with Crippen molar-refractivity contribution in [1.29, 1.82) is 0 Å². The second-order valence-electron chi connectivity index (χ2n) is 2.51. The molecule has 1 rings (SSSR count). The summed E-state index contributed by atoms with van der Waals surface area (Å²) >= 11 is 0. The number of nitrogens with two attached hydrogens (primary N) is 1. The highest BCUT2D eigenvalue weighted by Gasteiger charge is 2.07. The Kier molecular flexibility index (Phi) is 3.07. The van der Waals surface area contributed by atoms with E-state index in [1.165, 1.54) is 0 Å². The van der Waals surface area contributed by atoms with Crippen molar-refractivity contribution in [3.05, 3.63) is 21.6 Å². The van der Waals surface area contributed by atoms with E-state index in [4.69, 9.17) is 10.5 Å². The predicted molar refractivity (Wildman–Crippen MR) is 44.9 cm³/mol. The van der Waals surface area contributed by atoms with Gasteiger partial charge in [-0.3, -0.25) is 15.0 Å². The molecule has 0 aromatic carbocycles. The molecule has 0 bridgehead atoms. The van der Waals surface area contributed by atoms with E-state index in [2.05, 4.69) is 10.2 Å². The van der Waals surface area contributed by atoms with Crippen LogP contribution in [0.25, 0.3) is 0 Å². The van der Waals surface area contributed by atoms with Crippen molar-refractivity contribution in [2.75, 3.05) is 13.7 Å². The molecule has 0 atom stereocenters. The zero-order valence-corrected chi connectivity index (χ0v) is 7.02. The molecule has 5 heteroatoms. The molecule has 0 aliphatic heterocycles. The van der Waals surface area contributed by atoms with Gasteiger partial charge in [0, 0.05) is 12.7 Å². The Morgan fingerprint density at radius 1 is 1.50 bits per heavy atom. The number of aromatic amines is 2. The van der Waals surface area contributed by atoms with Crippen LogP contribution in [-0.4, -0.2) is 23.9 Å². The summed E-state index contributed by atoms with van der Waals surface area (Å²) in [5, 5.41) is 5.23. The topological polar surface area (TPSA) is 83.9 Å². The fourth-order valence-electron chi connectivity index (χ4n) is 1.10. The summed E-state index contributed by atoms with van der Waals surface area (Å²) < 4.78 is 4.90. The summed E-state index contributed by atoms with van der Waals surface area (Å²) in [6, 6.07) is 0. The number of rotatable bonds is 4. The van der Waals surface area contributed by atoms with Crippen molar-refractivity contribution < 1.29 is 4.74 Å². The van der Waals surface area contributed by atoms with Gasteiger partial charge in [0.2, 0.25) is 0 Å². The molecular formula is C7H13N3O2. The molecule has 0 saturated carbocycles. The van der Waals surface area contributed by atoms with Gasteiger partial charge >= 0.3 is 0 Å². The van der Waals surface area contributed by atoms with Crippen LogP contribution in [0.5, 0.6) is 0 Å². The van der Waals surface area contributed by atoms with Crippen molar-refractivity contribution in [2.24, 2.45) is 5.73 Å². The summed E-state index contributed by atoms with van der Waals surface area (Å²) in [5.74, 6) is 0. The van der Waals surface area contributed by atoms with Gasteiger partial charge < -0.3 is 10.5 Å². The predicted octanol–water partition coefficient (Wildman–Crippen LogP) is -0.649. The molecule has 0 aliphatic carbocycles. The van der Waals surface area contributed by atoms with Gasteiger partial charge in [-0.15, -0.1) is 0 Å². The minimum atomic E-state index is -0.104. The number of H-pyrrole nitrogens is 2. The number of hydrogen-bond donors (Lipinski definition) is 3. The molecule has 12 heavy (non-hydrogen) atoms. The molecule has 0 amide bonds. The number of hydrogen-bond acceptors (Lipinski definition) is 3. The van der Waals surface area contributed by atoms with Crippen LogP contribution in [0.2, 0.25) is 0 Å². The highest BCUT2D eigenvalue weighted by molar-refractivity contribution is 5.16. The average Bonchev–Trinajstić information content (AvgIpc) is 2.37. The number of ether oxygens (including phenoxy) is 1. The molecule has 4 N–H and O–H groups in total. The standard InChI is InChI=1S/C7H13N3O2/c1-12-4-6-5(2-3-8)7(11)10-9-6/h2-4,8H2,1H3,(H2,9,10,11). The Hall–Kier alpha value is -1.07. The van der Waals surface area contributed by atoms with Crippen molar-refractivity contribution in [3.8, 4) is 0 Å². The average molecular weight is 171 g/mol. The summed E-state index contributed by atoms with van der Waals surface area (Å²) in [6.07, 6.45) is 0.581. The third-order valence-electron chi connectivity index (χ3n) is 1.65. The zero-order valence-electron chi connectivity index (χ0n) is 7.02. The van der Waals surface area contributed by atoms with Crippen LogP contribution in [-0.2, 0) is 17.8 Å². The second-order valence-corrected chi connectivity index (χ2v) is 2.51. The summed E-state index contributed by atoms with van der Waals surface area (Å²) in [5.41, 5.74) is 6.72. The maximum Gasteiger partial charge on any atom is 0.267 e. The zero-order chi connectivity index (χ0) is 8.97. The smallest absolute Gasteiger partial charge is 0.267 e. The van der Waals surface area contributed by atoms with Gasteiger partial charge in [0.15, 0.2) is 0 Å². The lowest BCUT2D eigenvalue weighted by atomic mass is 10.2. The Labute approximate surface area is 69.9 Å². The lowest BCUT2D eigenvalue weighted by molar-refractivity contribution is 0.180. The first kappa shape index (κ1) is 9.02. The quantitative estimate of drug-likeness (QED) is 0.563. The fraction of sp³-hybridized carbons (Fsp3) is 0.571. The highest BCUT2D eigenvalue weighted by Crippen LogP contribution is 2.00. The van der Waals surface area contributed by atoms with Gasteiger partial charge in [0.1, 0.15) is 0 Å². The molecule has 0 spiro atoms. The Morgan fingerprint density at radius 3 is 2.83 bits per heavy atom. The molecule has 5 nitrogen and oxygen atoms in total. The molecule has 0 unspecified atom stereocenters. The SMILES string of the molecule is COCc1[nH][nH]c(=O)c1CCN. The molecule has 68 valence electrons. The van der Waals surface area contributed by atoms with Gasteiger partial charge in [-0.25, -0.2) is 0 Å². The fourth-order valence-corrected chi connectivity index (χ4v) is 1.10. The minimum Gasteiger partial charge on any atom is -0.378 e. The van der Waals surface area contributed by atoms with Crippen LogP contribution in [0.3, 0.4) is 0 Å². The van der Waals surface area contributed by atoms with Gasteiger partial charge in [0.05, 0.1) is 12.3 Å². The first-order chi connectivity index (χ1) is 5.79. The molecule has 0 saturated heterocycles. The highest BCUT2D eigenvalue weighted by atomic mass is 16.5. The molecule has 0 radical (unpaired) electrons. The monoisotopic (exact) mass is 171 g/mol. The van der Waals surface area contributed by atoms with Crippen LogP contribution in [0.1, 0.15) is 11.3 Å². The molecule has 1 aromatic rings. The first-order valence-corrected chi connectivity index (χ1v) is 3.77. The Bertz CT molecular complexity index is 289. The van der Waals surface area contributed by atoms with Crippen molar-refractivity contribution in [3.63, 3.8) is 0 Å². The van der Waals surface area contributed by atoms with Crippen LogP contribution in [0.4, 0.5) is 0 Å². The van der Waals surface area contributed by atoms with Crippen molar-refractivity contribution in [2.45, 2.75) is 13.0 Å². The lowest BCUT2D eigenvalue weighted by Gasteiger charge is -1.97. The van der Waals surface area contributed by atoms with Crippen LogP contribution < -0.4 is 11.3 Å². The maximum absolute atomic E-state index is 11.1. The van der Waals surface area contributed by atoms with E-state index in [1.807, 2.05) is 0 Å². The summed E-state index contributed by atoms with van der Waals surface area (Å²) in [4.78, 5) is 11.1. The largest absolute Gasteiger partial charge is 0.378 e. The molecule has 0 fully saturated rings. The summed E-state index contributed by atoms with van der Waals surface area (Å²) in [6.45, 7) is 0.881. The van der Waals surface area contributed by atoms with Gasteiger partial charge in [0.25, 0.3) is 5.56 Å². The molecular weight excluding hydrogens is 158 g/mol. The van der Waals surface area contributed by atoms with E-state index in [-0.39, 0.29) is 5.56 Å². The molecule has 1 aromatic heterocycles. The third-order valence-corrected chi connectivity index (χ3v) is 1.65. The van der Waals surface area contributed by atoms with Crippen LogP contribution in [0.15, 0.2) is 4.79 Å². The summed E-state index contributed by atoms with van der Waals surface area (Å²) in [7, 11) is 1.58.